The summed E-state index contributed by atoms with van der Waals surface area (Å²) in [5.41, 5.74) is 1.10. The van der Waals surface area contributed by atoms with E-state index >= 15 is 0 Å². The minimum Gasteiger partial charge on any atom is -0.486 e. The average molecular weight is 337 g/mol. The van der Waals surface area contributed by atoms with E-state index in [9.17, 15) is 4.79 Å². The molecule has 23 heavy (non-hydrogen) atoms. The summed E-state index contributed by atoms with van der Waals surface area (Å²) in [6, 6.07) is 5.98. The molecule has 0 spiro atoms. The molecule has 0 bridgehead atoms. The third-order valence-electron chi connectivity index (χ3n) is 3.86. The van der Waals surface area contributed by atoms with Crippen molar-refractivity contribution >= 4 is 17.7 Å². The van der Waals surface area contributed by atoms with Gasteiger partial charge in [-0.2, -0.15) is 0 Å². The second-order valence-electron chi connectivity index (χ2n) is 5.62. The van der Waals surface area contributed by atoms with Crippen molar-refractivity contribution in [1.82, 2.24) is 4.90 Å². The van der Waals surface area contributed by atoms with Gasteiger partial charge in [-0.25, -0.2) is 0 Å². The number of carbonyl (C=O) groups excluding carboxylic acids is 1. The van der Waals surface area contributed by atoms with E-state index in [1.54, 1.807) is 11.8 Å². The van der Waals surface area contributed by atoms with Crippen LogP contribution < -0.4 is 9.47 Å². The molecule has 6 heteroatoms. The predicted molar refractivity (Wildman–Crippen MR) is 90.1 cm³/mol. The van der Waals surface area contributed by atoms with Crippen LogP contribution in [-0.4, -0.2) is 49.5 Å². The summed E-state index contributed by atoms with van der Waals surface area (Å²) < 4.78 is 16.7. The van der Waals surface area contributed by atoms with Crippen molar-refractivity contribution < 1.29 is 19.0 Å². The smallest absolute Gasteiger partial charge is 0.233 e. The predicted octanol–water partition coefficient (Wildman–Crippen LogP) is 2.85. The first-order valence-corrected chi connectivity index (χ1v) is 9.23. The Labute approximate surface area is 141 Å². The van der Waals surface area contributed by atoms with E-state index in [0.717, 1.165) is 43.1 Å². The van der Waals surface area contributed by atoms with Crippen molar-refractivity contribution in [2.24, 2.45) is 0 Å². The van der Waals surface area contributed by atoms with Crippen LogP contribution in [0.5, 0.6) is 11.5 Å². The zero-order valence-electron chi connectivity index (χ0n) is 13.5. The summed E-state index contributed by atoms with van der Waals surface area (Å²) in [4.78, 5) is 14.1. The highest BCUT2D eigenvalue weighted by Crippen LogP contribution is 2.42. The van der Waals surface area contributed by atoms with Crippen molar-refractivity contribution in [3.63, 3.8) is 0 Å². The Morgan fingerprint density at radius 2 is 2.09 bits per heavy atom. The molecule has 0 aromatic heterocycles. The maximum absolute atomic E-state index is 12.2. The molecule has 1 fully saturated rings. The molecule has 2 heterocycles. The quantitative estimate of drug-likeness (QED) is 0.716. The second-order valence-corrected chi connectivity index (χ2v) is 6.69. The van der Waals surface area contributed by atoms with E-state index in [-0.39, 0.29) is 11.3 Å². The molecule has 0 aliphatic carbocycles. The lowest BCUT2D eigenvalue weighted by Gasteiger charge is -2.26. The lowest BCUT2D eigenvalue weighted by Crippen LogP contribution is -2.30. The van der Waals surface area contributed by atoms with E-state index in [1.165, 1.54) is 0 Å². The van der Waals surface area contributed by atoms with Crippen molar-refractivity contribution in [2.75, 3.05) is 38.7 Å². The highest BCUT2D eigenvalue weighted by Gasteiger charge is 2.33. The molecular formula is C17H23NO4S. The summed E-state index contributed by atoms with van der Waals surface area (Å²) >= 11 is 1.67. The first kappa shape index (κ1) is 16.5. The Balaban J connectivity index is 1.64. The van der Waals surface area contributed by atoms with Crippen molar-refractivity contribution in [3.05, 3.63) is 23.8 Å². The van der Waals surface area contributed by atoms with Crippen LogP contribution in [0.15, 0.2) is 18.2 Å². The standard InChI is InChI=1S/C17H23NO4S/c1-2-7-20-8-3-6-18-16(19)12-23-17(18)13-4-5-14-15(11-13)22-10-9-21-14/h4-5,11,17H,2-3,6-10,12H2,1H3. The van der Waals surface area contributed by atoms with E-state index in [2.05, 4.69) is 6.92 Å². The first-order chi connectivity index (χ1) is 11.3. The van der Waals surface area contributed by atoms with E-state index in [0.29, 0.717) is 25.6 Å². The van der Waals surface area contributed by atoms with Gasteiger partial charge in [0, 0.05) is 19.8 Å². The van der Waals surface area contributed by atoms with Crippen LogP contribution in [0.2, 0.25) is 0 Å². The molecule has 2 aliphatic heterocycles. The Bertz CT molecular complexity index is 551. The highest BCUT2D eigenvalue weighted by molar-refractivity contribution is 8.00. The SMILES string of the molecule is CCCOCCCN1C(=O)CSC1c1ccc2c(c1)OCCO2. The van der Waals surface area contributed by atoms with Crippen LogP contribution in [0.1, 0.15) is 30.7 Å². The van der Waals surface area contributed by atoms with Crippen LogP contribution in [-0.2, 0) is 9.53 Å². The van der Waals surface area contributed by atoms with Crippen LogP contribution in [0.4, 0.5) is 0 Å². The number of thioether (sulfide) groups is 1. The molecule has 1 aromatic carbocycles. The Kier molecular flexibility index (Phi) is 5.67. The molecule has 1 saturated heterocycles. The molecule has 5 nitrogen and oxygen atoms in total. The van der Waals surface area contributed by atoms with Gasteiger partial charge in [0.15, 0.2) is 11.5 Å². The Morgan fingerprint density at radius 1 is 1.26 bits per heavy atom. The second kappa shape index (κ2) is 7.93. The number of benzene rings is 1. The van der Waals surface area contributed by atoms with E-state index in [1.807, 2.05) is 23.1 Å². The fourth-order valence-electron chi connectivity index (χ4n) is 2.77. The number of nitrogens with zero attached hydrogens (tertiary/aromatic N) is 1. The van der Waals surface area contributed by atoms with Gasteiger partial charge in [-0.1, -0.05) is 13.0 Å². The van der Waals surface area contributed by atoms with Gasteiger partial charge < -0.3 is 19.1 Å². The van der Waals surface area contributed by atoms with Crippen LogP contribution in [0.3, 0.4) is 0 Å². The fourth-order valence-corrected chi connectivity index (χ4v) is 3.98. The molecular weight excluding hydrogens is 314 g/mol. The number of carbonyl (C=O) groups is 1. The number of fused-ring (bicyclic) bond motifs is 1. The van der Waals surface area contributed by atoms with Gasteiger partial charge >= 0.3 is 0 Å². The van der Waals surface area contributed by atoms with Crippen molar-refractivity contribution in [3.8, 4) is 11.5 Å². The van der Waals surface area contributed by atoms with Gasteiger partial charge in [-0.05, 0) is 30.5 Å². The van der Waals surface area contributed by atoms with E-state index < -0.39 is 0 Å². The zero-order chi connectivity index (χ0) is 16.1. The monoisotopic (exact) mass is 337 g/mol. The minimum absolute atomic E-state index is 0.0597. The molecule has 0 radical (unpaired) electrons. The lowest BCUT2D eigenvalue weighted by atomic mass is 10.1. The molecule has 1 aromatic rings. The number of hydrogen-bond donors (Lipinski definition) is 0. The largest absolute Gasteiger partial charge is 0.486 e. The van der Waals surface area contributed by atoms with Crippen molar-refractivity contribution in [2.45, 2.75) is 25.1 Å². The Hall–Kier alpha value is -1.40. The number of amides is 1. The molecule has 1 atom stereocenters. The van der Waals surface area contributed by atoms with Crippen LogP contribution in [0, 0.1) is 0 Å². The summed E-state index contributed by atoms with van der Waals surface area (Å²) in [5.74, 6) is 2.30. The van der Waals surface area contributed by atoms with Gasteiger partial charge in [-0.15, -0.1) is 11.8 Å². The normalized spacial score (nSPS) is 20.1. The molecule has 3 rings (SSSR count). The summed E-state index contributed by atoms with van der Waals surface area (Å²) in [5, 5.41) is 0.0597. The first-order valence-electron chi connectivity index (χ1n) is 8.18. The topological polar surface area (TPSA) is 48.0 Å². The molecule has 2 aliphatic rings. The zero-order valence-corrected chi connectivity index (χ0v) is 14.3. The molecule has 0 N–H and O–H groups in total. The average Bonchev–Trinajstić information content (AvgIpc) is 2.95. The lowest BCUT2D eigenvalue weighted by molar-refractivity contribution is -0.128. The maximum Gasteiger partial charge on any atom is 0.233 e. The summed E-state index contributed by atoms with van der Waals surface area (Å²) in [6.45, 7) is 5.48. The third-order valence-corrected chi connectivity index (χ3v) is 5.11. The van der Waals surface area contributed by atoms with Crippen LogP contribution >= 0.6 is 11.8 Å². The van der Waals surface area contributed by atoms with Gasteiger partial charge in [0.25, 0.3) is 0 Å². The van der Waals surface area contributed by atoms with Crippen molar-refractivity contribution in [1.29, 1.82) is 0 Å². The van der Waals surface area contributed by atoms with Gasteiger partial charge in [-0.3, -0.25) is 4.79 Å². The van der Waals surface area contributed by atoms with Gasteiger partial charge in [0.05, 0.1) is 5.75 Å². The van der Waals surface area contributed by atoms with Crippen LogP contribution in [0.25, 0.3) is 0 Å². The van der Waals surface area contributed by atoms with Gasteiger partial charge in [0.1, 0.15) is 18.6 Å². The molecule has 0 saturated carbocycles. The Morgan fingerprint density at radius 3 is 2.91 bits per heavy atom. The molecule has 1 unspecified atom stereocenters. The molecule has 126 valence electrons. The highest BCUT2D eigenvalue weighted by atomic mass is 32.2. The summed E-state index contributed by atoms with van der Waals surface area (Å²) in [6.07, 6.45) is 1.89. The van der Waals surface area contributed by atoms with E-state index in [4.69, 9.17) is 14.2 Å². The fraction of sp³-hybridized carbons (Fsp3) is 0.588. The summed E-state index contributed by atoms with van der Waals surface area (Å²) in [7, 11) is 0. The number of rotatable bonds is 7. The number of ether oxygens (including phenoxy) is 3. The maximum atomic E-state index is 12.2. The molecule has 1 amide bonds. The third kappa shape index (κ3) is 3.93. The minimum atomic E-state index is 0.0597. The number of hydrogen-bond acceptors (Lipinski definition) is 5. The van der Waals surface area contributed by atoms with Gasteiger partial charge in [0.2, 0.25) is 5.91 Å².